The molecule has 0 radical (unpaired) electrons. The van der Waals surface area contributed by atoms with Gasteiger partial charge in [-0.2, -0.15) is 0 Å². The molecule has 0 fully saturated rings. The Morgan fingerprint density at radius 2 is 2.14 bits per heavy atom. The van der Waals surface area contributed by atoms with Gasteiger partial charge in [-0.05, 0) is 42.8 Å². The largest absolute Gasteiger partial charge is 0.495 e. The van der Waals surface area contributed by atoms with Crippen LogP contribution in [0, 0.1) is 5.82 Å². The summed E-state index contributed by atoms with van der Waals surface area (Å²) in [5, 5.41) is 3.83. The van der Waals surface area contributed by atoms with Crippen LogP contribution in [-0.4, -0.2) is 18.6 Å². The minimum absolute atomic E-state index is 0.296. The van der Waals surface area contributed by atoms with Crippen LogP contribution in [0.1, 0.15) is 30.5 Å². The molecule has 3 nitrogen and oxygen atoms in total. The van der Waals surface area contributed by atoms with Crippen molar-refractivity contribution in [3.63, 3.8) is 0 Å². The molecule has 0 saturated heterocycles. The topological polar surface area (TPSA) is 34.2 Å². The van der Waals surface area contributed by atoms with Gasteiger partial charge in [-0.15, -0.1) is 0 Å². The van der Waals surface area contributed by atoms with Crippen LogP contribution in [0.2, 0.25) is 5.02 Å². The molecule has 1 N–H and O–H groups in total. The van der Waals surface area contributed by atoms with Crippen molar-refractivity contribution < 1.29 is 9.13 Å². The fourth-order valence-electron chi connectivity index (χ4n) is 2.14. The third kappa shape index (κ3) is 3.93. The van der Waals surface area contributed by atoms with E-state index in [2.05, 4.69) is 17.2 Å². The molecular weight excluding hydrogens is 291 g/mol. The van der Waals surface area contributed by atoms with E-state index < -0.39 is 0 Å². The molecule has 0 saturated carbocycles. The molecule has 0 aliphatic carbocycles. The Bertz CT molecular complexity index is 607. The molecule has 1 unspecified atom stereocenters. The first-order valence-corrected chi connectivity index (χ1v) is 7.20. The van der Waals surface area contributed by atoms with Crippen molar-refractivity contribution in [1.29, 1.82) is 0 Å². The number of ether oxygens (including phenoxy) is 1. The zero-order chi connectivity index (χ0) is 15.2. The lowest BCUT2D eigenvalue weighted by Gasteiger charge is -2.20. The summed E-state index contributed by atoms with van der Waals surface area (Å²) in [5.41, 5.74) is 1.34. The van der Waals surface area contributed by atoms with Gasteiger partial charge in [-0.25, -0.2) is 4.39 Å². The Balaban J connectivity index is 2.44. The lowest BCUT2D eigenvalue weighted by atomic mass is 9.99. The Kier molecular flexibility index (Phi) is 5.53. The minimum Gasteiger partial charge on any atom is -0.495 e. The van der Waals surface area contributed by atoms with Gasteiger partial charge in [0.15, 0.2) is 0 Å². The molecule has 2 rings (SSSR count). The fraction of sp³-hybridized carbons (Fsp3) is 0.312. The van der Waals surface area contributed by atoms with Crippen molar-refractivity contribution in [1.82, 2.24) is 10.3 Å². The van der Waals surface area contributed by atoms with Crippen molar-refractivity contribution >= 4 is 11.6 Å². The summed E-state index contributed by atoms with van der Waals surface area (Å²) in [6, 6.07) is 6.10. The highest BCUT2D eigenvalue weighted by Gasteiger charge is 2.18. The number of aromatic nitrogens is 1. The summed E-state index contributed by atoms with van der Waals surface area (Å²) in [6.07, 6.45) is 4.26. The molecule has 21 heavy (non-hydrogen) atoms. The molecule has 1 aromatic carbocycles. The van der Waals surface area contributed by atoms with Crippen LogP contribution >= 0.6 is 11.6 Å². The molecule has 1 heterocycles. The number of halogens is 2. The number of benzene rings is 1. The maximum Gasteiger partial charge on any atom is 0.137 e. The standard InChI is InChI=1S/C16H18ClFN2O/c1-3-6-20-16(11-7-13(21-2)10-19-9-11)14-8-12(17)4-5-15(14)18/h4-5,7-10,16,20H,3,6H2,1-2H3. The number of rotatable bonds is 6. The second-order valence-electron chi connectivity index (χ2n) is 4.71. The fourth-order valence-corrected chi connectivity index (χ4v) is 2.32. The van der Waals surface area contributed by atoms with Crippen LogP contribution in [0.4, 0.5) is 4.39 Å². The Labute approximate surface area is 129 Å². The highest BCUT2D eigenvalue weighted by molar-refractivity contribution is 6.30. The lowest BCUT2D eigenvalue weighted by Crippen LogP contribution is -2.24. The van der Waals surface area contributed by atoms with E-state index in [-0.39, 0.29) is 11.9 Å². The van der Waals surface area contributed by atoms with E-state index in [1.54, 1.807) is 31.6 Å². The first-order chi connectivity index (χ1) is 10.2. The normalized spacial score (nSPS) is 12.2. The zero-order valence-corrected chi connectivity index (χ0v) is 12.8. The predicted octanol–water partition coefficient (Wildman–Crippen LogP) is 3.97. The third-order valence-corrected chi connectivity index (χ3v) is 3.41. The lowest BCUT2D eigenvalue weighted by molar-refractivity contribution is 0.411. The quantitative estimate of drug-likeness (QED) is 0.876. The summed E-state index contributed by atoms with van der Waals surface area (Å²) < 4.78 is 19.4. The molecule has 5 heteroatoms. The number of hydrogen-bond donors (Lipinski definition) is 1. The molecule has 0 aliphatic rings. The van der Waals surface area contributed by atoms with Gasteiger partial charge in [0.1, 0.15) is 11.6 Å². The minimum atomic E-state index is -0.314. The van der Waals surface area contributed by atoms with E-state index in [1.165, 1.54) is 6.07 Å². The number of nitrogens with zero attached hydrogens (tertiary/aromatic N) is 1. The third-order valence-electron chi connectivity index (χ3n) is 3.17. The molecule has 0 bridgehead atoms. The van der Waals surface area contributed by atoms with E-state index in [0.717, 1.165) is 18.5 Å². The first-order valence-electron chi connectivity index (χ1n) is 6.83. The molecule has 0 aliphatic heterocycles. The van der Waals surface area contributed by atoms with Crippen LogP contribution in [0.25, 0.3) is 0 Å². The van der Waals surface area contributed by atoms with Crippen LogP contribution in [0.5, 0.6) is 5.75 Å². The second kappa shape index (κ2) is 7.38. The number of pyridine rings is 1. The summed E-state index contributed by atoms with van der Waals surface area (Å²) in [7, 11) is 1.58. The van der Waals surface area contributed by atoms with Crippen LogP contribution in [0.15, 0.2) is 36.7 Å². The van der Waals surface area contributed by atoms with Crippen LogP contribution in [-0.2, 0) is 0 Å². The first kappa shape index (κ1) is 15.7. The van der Waals surface area contributed by atoms with Gasteiger partial charge in [-0.1, -0.05) is 18.5 Å². The Morgan fingerprint density at radius 3 is 2.86 bits per heavy atom. The van der Waals surface area contributed by atoms with Crippen LogP contribution < -0.4 is 10.1 Å². The van der Waals surface area contributed by atoms with E-state index in [0.29, 0.717) is 16.3 Å². The second-order valence-corrected chi connectivity index (χ2v) is 5.15. The van der Waals surface area contributed by atoms with Crippen LogP contribution in [0.3, 0.4) is 0 Å². The van der Waals surface area contributed by atoms with Gasteiger partial charge in [0.05, 0.1) is 19.3 Å². The molecule has 1 aromatic heterocycles. The van der Waals surface area contributed by atoms with E-state index in [9.17, 15) is 4.39 Å². The molecular formula is C16H18ClFN2O. The Morgan fingerprint density at radius 1 is 1.33 bits per heavy atom. The molecule has 0 spiro atoms. The molecule has 0 amide bonds. The average Bonchev–Trinajstić information content (AvgIpc) is 2.51. The molecule has 112 valence electrons. The average molecular weight is 309 g/mol. The van der Waals surface area contributed by atoms with Gasteiger partial charge in [0.25, 0.3) is 0 Å². The molecule has 1 atom stereocenters. The van der Waals surface area contributed by atoms with E-state index >= 15 is 0 Å². The van der Waals surface area contributed by atoms with Gasteiger partial charge in [0, 0.05) is 16.8 Å². The number of hydrogen-bond acceptors (Lipinski definition) is 3. The Hall–Kier alpha value is -1.65. The van der Waals surface area contributed by atoms with Gasteiger partial charge < -0.3 is 10.1 Å². The molecule has 2 aromatic rings. The SMILES string of the molecule is CCCNC(c1cncc(OC)c1)c1cc(Cl)ccc1F. The van der Waals surface area contributed by atoms with Crippen molar-refractivity contribution in [3.8, 4) is 5.75 Å². The number of methoxy groups -OCH3 is 1. The van der Waals surface area contributed by atoms with Crippen molar-refractivity contribution in [3.05, 3.63) is 58.6 Å². The van der Waals surface area contributed by atoms with Crippen molar-refractivity contribution in [2.45, 2.75) is 19.4 Å². The van der Waals surface area contributed by atoms with E-state index in [4.69, 9.17) is 16.3 Å². The summed E-state index contributed by atoms with van der Waals surface area (Å²) in [5.74, 6) is 0.342. The highest BCUT2D eigenvalue weighted by Crippen LogP contribution is 2.28. The highest BCUT2D eigenvalue weighted by atomic mass is 35.5. The summed E-state index contributed by atoms with van der Waals surface area (Å²) >= 11 is 6.01. The predicted molar refractivity (Wildman–Crippen MR) is 82.3 cm³/mol. The van der Waals surface area contributed by atoms with Gasteiger partial charge >= 0.3 is 0 Å². The summed E-state index contributed by atoms with van der Waals surface area (Å²) in [6.45, 7) is 2.82. The monoisotopic (exact) mass is 308 g/mol. The summed E-state index contributed by atoms with van der Waals surface area (Å²) in [4.78, 5) is 4.14. The van der Waals surface area contributed by atoms with Crippen molar-refractivity contribution in [2.75, 3.05) is 13.7 Å². The van der Waals surface area contributed by atoms with E-state index in [1.807, 2.05) is 6.07 Å². The zero-order valence-electron chi connectivity index (χ0n) is 12.1. The van der Waals surface area contributed by atoms with Gasteiger partial charge in [0.2, 0.25) is 0 Å². The smallest absolute Gasteiger partial charge is 0.137 e. The number of nitrogens with one attached hydrogen (secondary N) is 1. The van der Waals surface area contributed by atoms with Gasteiger partial charge in [-0.3, -0.25) is 4.98 Å². The maximum absolute atomic E-state index is 14.2. The van der Waals surface area contributed by atoms with Crippen molar-refractivity contribution in [2.24, 2.45) is 0 Å². The maximum atomic E-state index is 14.2.